The van der Waals surface area contributed by atoms with Gasteiger partial charge in [0.2, 0.25) is 0 Å². The van der Waals surface area contributed by atoms with E-state index in [0.29, 0.717) is 6.04 Å². The number of hydrogen-bond donors (Lipinski definition) is 1. The van der Waals surface area contributed by atoms with Crippen molar-refractivity contribution in [2.24, 2.45) is 5.41 Å². The molecule has 1 aliphatic carbocycles. The fraction of sp³-hybridized carbons (Fsp3) is 0.722. The summed E-state index contributed by atoms with van der Waals surface area (Å²) < 4.78 is 2.20. The Hall–Kier alpha value is -1.29. The molecule has 2 aliphatic rings. The normalized spacial score (nSPS) is 22.2. The molecule has 2 heterocycles. The van der Waals surface area contributed by atoms with E-state index < -0.39 is 0 Å². The van der Waals surface area contributed by atoms with Crippen LogP contribution >= 0.6 is 0 Å². The predicted molar refractivity (Wildman–Crippen MR) is 86.9 cm³/mol. The van der Waals surface area contributed by atoms with Crippen LogP contribution in [0, 0.1) is 5.41 Å². The molecule has 1 aromatic heterocycles. The van der Waals surface area contributed by atoms with Crippen molar-refractivity contribution in [1.29, 1.82) is 0 Å². The fourth-order valence-electron chi connectivity index (χ4n) is 4.05. The molecule has 1 saturated heterocycles. The van der Waals surface area contributed by atoms with E-state index in [1.54, 1.807) is 0 Å². The number of hydrogen-bond acceptors (Lipinski definition) is 2. The van der Waals surface area contributed by atoms with Crippen molar-refractivity contribution in [3.05, 3.63) is 24.0 Å². The summed E-state index contributed by atoms with van der Waals surface area (Å²) in [6, 6.07) is 4.47. The molecule has 2 fully saturated rings. The molecule has 0 radical (unpaired) electrons. The van der Waals surface area contributed by atoms with Gasteiger partial charge in [0.15, 0.2) is 0 Å². The first-order chi connectivity index (χ1) is 10.7. The van der Waals surface area contributed by atoms with E-state index in [4.69, 9.17) is 0 Å². The Morgan fingerprint density at radius 2 is 2.00 bits per heavy atom. The number of aliphatic hydroxyl groups excluding tert-OH is 1. The molecule has 1 N–H and O–H groups in total. The maximum Gasteiger partial charge on any atom is 0.270 e. The van der Waals surface area contributed by atoms with Gasteiger partial charge >= 0.3 is 0 Å². The molecule has 1 saturated carbocycles. The third-order valence-electron chi connectivity index (χ3n) is 5.91. The Morgan fingerprint density at radius 3 is 2.59 bits per heavy atom. The number of aliphatic hydroxyl groups is 1. The van der Waals surface area contributed by atoms with Gasteiger partial charge in [0.05, 0.1) is 0 Å². The molecule has 3 rings (SSSR count). The SMILES string of the molecule is CCC1(CO)CCN(C(=O)c2cccn2C2CCCC2)CC1. The van der Waals surface area contributed by atoms with Crippen molar-refractivity contribution in [1.82, 2.24) is 9.47 Å². The molecule has 4 nitrogen and oxygen atoms in total. The number of nitrogens with zero attached hydrogens (tertiary/aromatic N) is 2. The largest absolute Gasteiger partial charge is 0.396 e. The summed E-state index contributed by atoms with van der Waals surface area (Å²) in [5.74, 6) is 0.166. The Balaban J connectivity index is 1.69. The zero-order valence-electron chi connectivity index (χ0n) is 13.6. The number of piperidine rings is 1. The lowest BCUT2D eigenvalue weighted by molar-refractivity contribution is 0.0331. The highest BCUT2D eigenvalue weighted by atomic mass is 16.3. The fourth-order valence-corrected chi connectivity index (χ4v) is 4.05. The number of amides is 1. The lowest BCUT2D eigenvalue weighted by Gasteiger charge is -2.40. The number of rotatable bonds is 4. The van der Waals surface area contributed by atoms with E-state index in [0.717, 1.165) is 38.0 Å². The van der Waals surface area contributed by atoms with E-state index in [-0.39, 0.29) is 17.9 Å². The first-order valence-electron chi connectivity index (χ1n) is 8.76. The summed E-state index contributed by atoms with van der Waals surface area (Å²) >= 11 is 0. The second-order valence-corrected chi connectivity index (χ2v) is 7.04. The van der Waals surface area contributed by atoms with Crippen LogP contribution in [-0.2, 0) is 0 Å². The Kier molecular flexibility index (Phi) is 4.57. The number of likely N-dealkylation sites (tertiary alicyclic amines) is 1. The van der Waals surface area contributed by atoms with Crippen molar-refractivity contribution >= 4 is 5.91 Å². The Bertz CT molecular complexity index is 503. The molecule has 0 unspecified atom stereocenters. The van der Waals surface area contributed by atoms with Crippen LogP contribution < -0.4 is 0 Å². The highest BCUT2D eigenvalue weighted by molar-refractivity contribution is 5.93. The second kappa shape index (κ2) is 6.45. The number of carbonyl (C=O) groups excluding carboxylic acids is 1. The molecule has 0 atom stereocenters. The molecular weight excluding hydrogens is 276 g/mol. The standard InChI is InChI=1S/C18H28N2O2/c1-2-18(14-21)9-12-19(13-10-18)17(22)16-8-5-11-20(16)15-6-3-4-7-15/h5,8,11,15,21H,2-4,6-7,9-10,12-14H2,1H3. The molecule has 22 heavy (non-hydrogen) atoms. The topological polar surface area (TPSA) is 45.5 Å². The average Bonchev–Trinajstić information content (AvgIpc) is 3.24. The van der Waals surface area contributed by atoms with Crippen molar-refractivity contribution in [2.45, 2.75) is 57.9 Å². The van der Waals surface area contributed by atoms with Crippen LogP contribution in [0.5, 0.6) is 0 Å². The minimum Gasteiger partial charge on any atom is -0.396 e. The predicted octanol–water partition coefficient (Wildman–Crippen LogP) is 3.23. The van der Waals surface area contributed by atoms with E-state index in [9.17, 15) is 9.90 Å². The third-order valence-corrected chi connectivity index (χ3v) is 5.91. The Morgan fingerprint density at radius 1 is 1.32 bits per heavy atom. The first kappa shape index (κ1) is 15.6. The first-order valence-corrected chi connectivity index (χ1v) is 8.76. The Labute approximate surface area is 133 Å². The third kappa shape index (κ3) is 2.81. The molecule has 4 heteroatoms. The zero-order valence-corrected chi connectivity index (χ0v) is 13.6. The second-order valence-electron chi connectivity index (χ2n) is 7.04. The quantitative estimate of drug-likeness (QED) is 0.928. The summed E-state index contributed by atoms with van der Waals surface area (Å²) in [6.07, 6.45) is 9.81. The van der Waals surface area contributed by atoms with Crippen LogP contribution in [0.25, 0.3) is 0 Å². The van der Waals surface area contributed by atoms with Crippen LogP contribution in [0.2, 0.25) is 0 Å². The summed E-state index contributed by atoms with van der Waals surface area (Å²) in [7, 11) is 0. The van der Waals surface area contributed by atoms with Crippen LogP contribution in [0.15, 0.2) is 18.3 Å². The van der Waals surface area contributed by atoms with E-state index in [1.165, 1.54) is 25.7 Å². The smallest absolute Gasteiger partial charge is 0.270 e. The van der Waals surface area contributed by atoms with Gasteiger partial charge < -0.3 is 14.6 Å². The van der Waals surface area contributed by atoms with Crippen molar-refractivity contribution in [2.75, 3.05) is 19.7 Å². The van der Waals surface area contributed by atoms with E-state index in [2.05, 4.69) is 17.7 Å². The van der Waals surface area contributed by atoms with Crippen LogP contribution in [-0.4, -0.2) is 40.2 Å². The monoisotopic (exact) mass is 304 g/mol. The average molecular weight is 304 g/mol. The van der Waals surface area contributed by atoms with E-state index >= 15 is 0 Å². The van der Waals surface area contributed by atoms with Crippen molar-refractivity contribution < 1.29 is 9.90 Å². The summed E-state index contributed by atoms with van der Waals surface area (Å²) in [4.78, 5) is 14.8. The maximum atomic E-state index is 12.9. The number of aromatic nitrogens is 1. The minimum atomic E-state index is 0.0320. The number of carbonyl (C=O) groups is 1. The van der Waals surface area contributed by atoms with Crippen LogP contribution in [0.1, 0.15) is 68.4 Å². The highest BCUT2D eigenvalue weighted by Crippen LogP contribution is 2.35. The van der Waals surface area contributed by atoms with Gasteiger partial charge in [0.25, 0.3) is 5.91 Å². The van der Waals surface area contributed by atoms with Gasteiger partial charge in [-0.1, -0.05) is 19.8 Å². The summed E-state index contributed by atoms with van der Waals surface area (Å²) in [6.45, 7) is 3.91. The molecular formula is C18H28N2O2. The van der Waals surface area contributed by atoms with Gasteiger partial charge in [0.1, 0.15) is 5.69 Å². The maximum absolute atomic E-state index is 12.9. The van der Waals surface area contributed by atoms with Gasteiger partial charge in [-0.15, -0.1) is 0 Å². The van der Waals surface area contributed by atoms with Crippen LogP contribution in [0.3, 0.4) is 0 Å². The summed E-state index contributed by atoms with van der Waals surface area (Å²) in [5.41, 5.74) is 0.879. The van der Waals surface area contributed by atoms with Crippen molar-refractivity contribution in [3.8, 4) is 0 Å². The van der Waals surface area contributed by atoms with Crippen molar-refractivity contribution in [3.63, 3.8) is 0 Å². The lowest BCUT2D eigenvalue weighted by Crippen LogP contribution is -2.45. The van der Waals surface area contributed by atoms with Gasteiger partial charge in [-0.2, -0.15) is 0 Å². The van der Waals surface area contributed by atoms with Gasteiger partial charge in [-0.3, -0.25) is 4.79 Å². The molecule has 0 spiro atoms. The van der Waals surface area contributed by atoms with Gasteiger partial charge in [0, 0.05) is 31.9 Å². The molecule has 122 valence electrons. The van der Waals surface area contributed by atoms with Crippen LogP contribution in [0.4, 0.5) is 0 Å². The van der Waals surface area contributed by atoms with Gasteiger partial charge in [-0.25, -0.2) is 0 Å². The molecule has 0 aromatic carbocycles. The molecule has 0 bridgehead atoms. The zero-order chi connectivity index (χ0) is 15.6. The minimum absolute atomic E-state index is 0.0320. The lowest BCUT2D eigenvalue weighted by atomic mass is 9.77. The van der Waals surface area contributed by atoms with Gasteiger partial charge in [-0.05, 0) is 49.7 Å². The van der Waals surface area contributed by atoms with E-state index in [1.807, 2.05) is 17.0 Å². The molecule has 1 aliphatic heterocycles. The highest BCUT2D eigenvalue weighted by Gasteiger charge is 2.35. The molecule has 1 aromatic rings. The molecule has 1 amide bonds. The summed E-state index contributed by atoms with van der Waals surface area (Å²) in [5, 5.41) is 9.63.